The fraction of sp³-hybridized carbons (Fsp3) is 0.471. The second-order valence-electron chi connectivity index (χ2n) is 5.83. The fourth-order valence-electron chi connectivity index (χ4n) is 2.63. The average Bonchev–Trinajstić information content (AvgIpc) is 3.36. The third-order valence-electron chi connectivity index (χ3n) is 3.99. The number of carbonyl (C=O) groups is 1. The normalized spacial score (nSPS) is 13.8. The van der Waals surface area contributed by atoms with Crippen molar-refractivity contribution in [2.45, 2.75) is 37.4 Å². The van der Waals surface area contributed by atoms with Crippen molar-refractivity contribution < 1.29 is 9.53 Å². The van der Waals surface area contributed by atoms with Crippen LogP contribution in [0.1, 0.15) is 30.3 Å². The molecule has 1 amide bonds. The number of benzene rings is 1. The number of hydrogen-bond donors (Lipinski definition) is 1. The minimum Gasteiger partial charge on any atom is -0.496 e. The molecule has 1 aromatic carbocycles. The number of aromatic nitrogens is 3. The molecule has 24 heavy (non-hydrogen) atoms. The van der Waals surface area contributed by atoms with Crippen molar-refractivity contribution in [3.05, 3.63) is 35.7 Å². The molecule has 1 fully saturated rings. The first-order valence-electron chi connectivity index (χ1n) is 8.12. The monoisotopic (exact) mass is 346 g/mol. The SMILES string of the molecule is COc1ccccc1CCNC(=O)CSc1nnc(C)n1C1CC1. The molecule has 0 atom stereocenters. The number of rotatable bonds is 8. The molecule has 1 heterocycles. The van der Waals surface area contributed by atoms with Crippen LogP contribution in [0.5, 0.6) is 5.75 Å². The van der Waals surface area contributed by atoms with Crippen molar-refractivity contribution in [2.75, 3.05) is 19.4 Å². The zero-order valence-corrected chi connectivity index (χ0v) is 14.8. The lowest BCUT2D eigenvalue weighted by molar-refractivity contribution is -0.118. The summed E-state index contributed by atoms with van der Waals surface area (Å²) >= 11 is 1.45. The van der Waals surface area contributed by atoms with Gasteiger partial charge in [0.05, 0.1) is 12.9 Å². The Balaban J connectivity index is 1.45. The van der Waals surface area contributed by atoms with Crippen LogP contribution in [0.15, 0.2) is 29.4 Å². The maximum absolute atomic E-state index is 12.0. The first kappa shape index (κ1) is 16.8. The molecule has 1 aliphatic carbocycles. The van der Waals surface area contributed by atoms with E-state index >= 15 is 0 Å². The van der Waals surface area contributed by atoms with Crippen molar-refractivity contribution in [3.63, 3.8) is 0 Å². The molecule has 128 valence electrons. The van der Waals surface area contributed by atoms with Crippen LogP contribution in [0.4, 0.5) is 0 Å². The minimum absolute atomic E-state index is 0.0119. The highest BCUT2D eigenvalue weighted by Crippen LogP contribution is 2.38. The molecule has 0 spiro atoms. The largest absolute Gasteiger partial charge is 0.496 e. The van der Waals surface area contributed by atoms with Crippen molar-refractivity contribution in [3.8, 4) is 5.75 Å². The highest BCUT2D eigenvalue weighted by molar-refractivity contribution is 7.99. The van der Waals surface area contributed by atoms with E-state index < -0.39 is 0 Å². The Hall–Kier alpha value is -2.02. The number of ether oxygens (including phenoxy) is 1. The minimum atomic E-state index is 0.0119. The van der Waals surface area contributed by atoms with Crippen LogP contribution in [0.3, 0.4) is 0 Å². The predicted molar refractivity (Wildman–Crippen MR) is 93.5 cm³/mol. The van der Waals surface area contributed by atoms with E-state index in [1.165, 1.54) is 24.6 Å². The Morgan fingerprint density at radius 3 is 2.92 bits per heavy atom. The van der Waals surface area contributed by atoms with Crippen molar-refractivity contribution in [2.24, 2.45) is 0 Å². The highest BCUT2D eigenvalue weighted by Gasteiger charge is 2.28. The molecule has 1 aliphatic rings. The van der Waals surface area contributed by atoms with E-state index in [9.17, 15) is 4.79 Å². The number of carbonyl (C=O) groups excluding carboxylic acids is 1. The smallest absolute Gasteiger partial charge is 0.230 e. The van der Waals surface area contributed by atoms with Gasteiger partial charge in [-0.05, 0) is 37.8 Å². The second kappa shape index (κ2) is 7.70. The number of para-hydroxylation sites is 1. The van der Waals surface area contributed by atoms with E-state index in [4.69, 9.17) is 4.74 Å². The van der Waals surface area contributed by atoms with Gasteiger partial charge in [-0.15, -0.1) is 10.2 Å². The van der Waals surface area contributed by atoms with E-state index in [-0.39, 0.29) is 5.91 Å². The maximum Gasteiger partial charge on any atom is 0.230 e. The van der Waals surface area contributed by atoms with Gasteiger partial charge in [-0.2, -0.15) is 0 Å². The highest BCUT2D eigenvalue weighted by atomic mass is 32.2. The van der Waals surface area contributed by atoms with Gasteiger partial charge in [0.2, 0.25) is 5.91 Å². The van der Waals surface area contributed by atoms with Gasteiger partial charge in [0.25, 0.3) is 0 Å². The molecule has 0 unspecified atom stereocenters. The first-order valence-corrected chi connectivity index (χ1v) is 9.10. The number of hydrogen-bond acceptors (Lipinski definition) is 5. The Morgan fingerprint density at radius 1 is 1.38 bits per heavy atom. The third kappa shape index (κ3) is 4.08. The van der Waals surface area contributed by atoms with Crippen molar-refractivity contribution >= 4 is 17.7 Å². The van der Waals surface area contributed by atoms with E-state index in [0.717, 1.165) is 28.7 Å². The quantitative estimate of drug-likeness (QED) is 0.743. The van der Waals surface area contributed by atoms with Crippen molar-refractivity contribution in [1.82, 2.24) is 20.1 Å². The van der Waals surface area contributed by atoms with Gasteiger partial charge < -0.3 is 14.6 Å². The number of aryl methyl sites for hydroxylation is 1. The summed E-state index contributed by atoms with van der Waals surface area (Å²) < 4.78 is 7.46. The predicted octanol–water partition coefficient (Wildman–Crippen LogP) is 2.38. The molecule has 1 saturated carbocycles. The van der Waals surface area contributed by atoms with Crippen LogP contribution < -0.4 is 10.1 Å². The van der Waals surface area contributed by atoms with Gasteiger partial charge in [0, 0.05) is 12.6 Å². The van der Waals surface area contributed by atoms with Gasteiger partial charge in [-0.3, -0.25) is 4.79 Å². The fourth-order valence-corrected chi connectivity index (χ4v) is 3.51. The molecule has 6 nitrogen and oxygen atoms in total. The molecule has 2 aromatic rings. The Labute approximate surface area is 146 Å². The average molecular weight is 346 g/mol. The molecule has 0 aliphatic heterocycles. The summed E-state index contributed by atoms with van der Waals surface area (Å²) in [7, 11) is 1.66. The third-order valence-corrected chi connectivity index (χ3v) is 4.93. The van der Waals surface area contributed by atoms with E-state index in [1.807, 2.05) is 31.2 Å². The summed E-state index contributed by atoms with van der Waals surface area (Å²) in [5, 5.41) is 12.1. The van der Waals surface area contributed by atoms with E-state index in [1.54, 1.807) is 7.11 Å². The molecule has 3 rings (SSSR count). The summed E-state index contributed by atoms with van der Waals surface area (Å²) in [6, 6.07) is 8.38. The number of nitrogens with zero attached hydrogens (tertiary/aromatic N) is 3. The Bertz CT molecular complexity index is 712. The van der Waals surface area contributed by atoms with Crippen LogP contribution in [0, 0.1) is 6.92 Å². The topological polar surface area (TPSA) is 69.0 Å². The molecule has 0 radical (unpaired) electrons. The summed E-state index contributed by atoms with van der Waals surface area (Å²) in [6.45, 7) is 2.55. The van der Waals surface area contributed by atoms with Crippen molar-refractivity contribution in [1.29, 1.82) is 0 Å². The second-order valence-corrected chi connectivity index (χ2v) is 6.77. The zero-order valence-electron chi connectivity index (χ0n) is 14.0. The molecule has 7 heteroatoms. The number of methoxy groups -OCH3 is 1. The molecular formula is C17H22N4O2S. The van der Waals surface area contributed by atoms with Crippen LogP contribution in [0.25, 0.3) is 0 Å². The molecular weight excluding hydrogens is 324 g/mol. The molecule has 1 aromatic heterocycles. The van der Waals surface area contributed by atoms with Gasteiger partial charge in [0.1, 0.15) is 11.6 Å². The number of amides is 1. The van der Waals surface area contributed by atoms with Crippen LogP contribution in [-0.4, -0.2) is 40.1 Å². The van der Waals surface area contributed by atoms with Gasteiger partial charge in [0.15, 0.2) is 5.16 Å². The zero-order chi connectivity index (χ0) is 16.9. The maximum atomic E-state index is 12.0. The lowest BCUT2D eigenvalue weighted by Crippen LogP contribution is -2.27. The van der Waals surface area contributed by atoms with Crippen LogP contribution in [0.2, 0.25) is 0 Å². The lowest BCUT2D eigenvalue weighted by atomic mass is 10.1. The van der Waals surface area contributed by atoms with E-state index in [2.05, 4.69) is 20.1 Å². The lowest BCUT2D eigenvalue weighted by Gasteiger charge is -2.09. The van der Waals surface area contributed by atoms with Crippen LogP contribution in [-0.2, 0) is 11.2 Å². The molecule has 0 saturated heterocycles. The Morgan fingerprint density at radius 2 is 2.17 bits per heavy atom. The van der Waals surface area contributed by atoms with Gasteiger partial charge >= 0.3 is 0 Å². The first-order chi connectivity index (χ1) is 11.7. The Kier molecular flexibility index (Phi) is 5.40. The van der Waals surface area contributed by atoms with E-state index in [0.29, 0.717) is 18.3 Å². The standard InChI is InChI=1S/C17H22N4O2S/c1-12-19-20-17(21(12)14-7-8-14)24-11-16(22)18-10-9-13-5-3-4-6-15(13)23-2/h3-6,14H,7-11H2,1-2H3,(H,18,22). The number of thioether (sulfide) groups is 1. The summed E-state index contributed by atoms with van der Waals surface area (Å²) in [4.78, 5) is 12.0. The number of nitrogens with one attached hydrogen (secondary N) is 1. The molecule has 0 bridgehead atoms. The summed E-state index contributed by atoms with van der Waals surface area (Å²) in [5.74, 6) is 2.15. The molecule has 1 N–H and O–H groups in total. The summed E-state index contributed by atoms with van der Waals surface area (Å²) in [5.41, 5.74) is 1.09. The summed E-state index contributed by atoms with van der Waals surface area (Å²) in [6.07, 6.45) is 3.10. The van der Waals surface area contributed by atoms with Crippen LogP contribution >= 0.6 is 11.8 Å². The van der Waals surface area contributed by atoms with Gasteiger partial charge in [-0.1, -0.05) is 30.0 Å². The van der Waals surface area contributed by atoms with Gasteiger partial charge in [-0.25, -0.2) is 0 Å².